The predicted octanol–water partition coefficient (Wildman–Crippen LogP) is -0.678. The molecule has 0 bridgehead atoms. The van der Waals surface area contributed by atoms with Gasteiger partial charge in [0.2, 0.25) is 0 Å². The number of halogens is 1. The molecule has 0 fully saturated rings. The fourth-order valence-electron chi connectivity index (χ4n) is 0. The van der Waals surface area contributed by atoms with Crippen molar-refractivity contribution in [3.63, 3.8) is 0 Å². The van der Waals surface area contributed by atoms with E-state index in [1.165, 1.54) is 0 Å². The Morgan fingerprint density at radius 3 is 2.00 bits per heavy atom. The van der Waals surface area contributed by atoms with E-state index in [1.54, 1.807) is 22.6 Å². The Labute approximate surface area is 68.2 Å². The SMILES string of the molecule is O=C(O)CI.[InH3]. The van der Waals surface area contributed by atoms with E-state index >= 15 is 0 Å². The molecule has 0 amide bonds. The molecule has 0 atom stereocenters. The fourth-order valence-corrected chi connectivity index (χ4v) is 0. The summed E-state index contributed by atoms with van der Waals surface area (Å²) in [7, 11) is 0. The van der Waals surface area contributed by atoms with Crippen molar-refractivity contribution in [2.24, 2.45) is 0 Å². The number of hydrogen-bond donors (Lipinski definition) is 1. The predicted molar refractivity (Wildman–Crippen MR) is 36.5 cm³/mol. The van der Waals surface area contributed by atoms with Crippen LogP contribution in [0.25, 0.3) is 0 Å². The van der Waals surface area contributed by atoms with Gasteiger partial charge >= 0.3 is 31.8 Å². The molecular weight excluding hydrogens is 298 g/mol. The molecule has 0 aromatic heterocycles. The van der Waals surface area contributed by atoms with Crippen LogP contribution in [0.3, 0.4) is 0 Å². The first-order valence-electron chi connectivity index (χ1n) is 1.05. The zero-order valence-corrected chi connectivity index (χ0v) is 4.60. The number of carbonyl (C=O) groups is 1. The summed E-state index contributed by atoms with van der Waals surface area (Å²) in [5.74, 6) is -0.759. The minimum atomic E-state index is -0.759. The molecule has 0 aromatic carbocycles. The summed E-state index contributed by atoms with van der Waals surface area (Å²) >= 11 is 1.78. The Balaban J connectivity index is 0. The van der Waals surface area contributed by atoms with Gasteiger partial charge in [-0.25, -0.2) is 0 Å². The van der Waals surface area contributed by atoms with Crippen molar-refractivity contribution < 1.29 is 9.90 Å². The first-order valence-corrected chi connectivity index (χ1v) is 2.57. The van der Waals surface area contributed by atoms with Gasteiger partial charge in [-0.15, -0.1) is 0 Å². The van der Waals surface area contributed by atoms with Crippen LogP contribution in [0.15, 0.2) is 0 Å². The van der Waals surface area contributed by atoms with E-state index in [-0.39, 0.29) is 30.3 Å². The summed E-state index contributed by atoms with van der Waals surface area (Å²) in [5.41, 5.74) is 0. The molecule has 2 nitrogen and oxygen atoms in total. The van der Waals surface area contributed by atoms with Gasteiger partial charge in [-0.05, 0) is 0 Å². The molecule has 0 aliphatic rings. The first-order chi connectivity index (χ1) is 2.27. The molecule has 0 unspecified atom stereocenters. The molecular formula is C2H6IInO2. The van der Waals surface area contributed by atoms with Crippen LogP contribution < -0.4 is 0 Å². The molecule has 6 heavy (non-hydrogen) atoms. The second-order valence-electron chi connectivity index (χ2n) is 0.527. The van der Waals surface area contributed by atoms with Gasteiger partial charge in [-0.2, -0.15) is 0 Å². The normalized spacial score (nSPS) is 6.17. The zero-order chi connectivity index (χ0) is 4.28. The van der Waals surface area contributed by atoms with Crippen LogP contribution in [0.1, 0.15) is 0 Å². The van der Waals surface area contributed by atoms with Gasteiger partial charge in [-0.1, -0.05) is 22.6 Å². The maximum absolute atomic E-state index is 9.36. The van der Waals surface area contributed by atoms with Crippen LogP contribution >= 0.6 is 22.6 Å². The van der Waals surface area contributed by atoms with Crippen molar-refractivity contribution in [2.75, 3.05) is 4.43 Å². The summed E-state index contributed by atoms with van der Waals surface area (Å²) in [5, 5.41) is 7.71. The van der Waals surface area contributed by atoms with Crippen LogP contribution in [-0.4, -0.2) is 41.3 Å². The standard InChI is InChI=1S/C2H3IO2.In.3H/c3-1-2(4)5;;;;/h1H2,(H,4,5);;;;. The molecule has 0 saturated heterocycles. The molecule has 0 aliphatic carbocycles. The molecule has 0 radical (unpaired) electrons. The molecule has 1 N–H and O–H groups in total. The van der Waals surface area contributed by atoms with Gasteiger partial charge in [0.15, 0.2) is 0 Å². The number of hydrogen-bond acceptors (Lipinski definition) is 1. The quantitative estimate of drug-likeness (QED) is 0.515. The van der Waals surface area contributed by atoms with E-state index in [4.69, 9.17) is 5.11 Å². The number of aliphatic carboxylic acids is 1. The van der Waals surface area contributed by atoms with Crippen LogP contribution in [0, 0.1) is 0 Å². The molecule has 0 rings (SSSR count). The van der Waals surface area contributed by atoms with Gasteiger partial charge in [0, 0.05) is 0 Å². The Kier molecular flexibility index (Phi) is 10.3. The van der Waals surface area contributed by atoms with Crippen molar-refractivity contribution in [2.45, 2.75) is 0 Å². The third-order valence-corrected chi connectivity index (χ3v) is 0.767. The number of rotatable bonds is 1. The van der Waals surface area contributed by atoms with Gasteiger partial charge in [0.1, 0.15) is 0 Å². The van der Waals surface area contributed by atoms with Gasteiger partial charge in [0.25, 0.3) is 0 Å². The van der Waals surface area contributed by atoms with E-state index in [2.05, 4.69) is 0 Å². The molecule has 0 heterocycles. The van der Waals surface area contributed by atoms with Crippen LogP contribution in [-0.2, 0) is 4.79 Å². The van der Waals surface area contributed by atoms with E-state index in [9.17, 15) is 4.79 Å². The van der Waals surface area contributed by atoms with E-state index in [1.807, 2.05) is 0 Å². The Hall–Kier alpha value is 1.07. The van der Waals surface area contributed by atoms with Gasteiger partial charge in [-0.3, -0.25) is 4.79 Å². The van der Waals surface area contributed by atoms with Crippen LogP contribution in [0.4, 0.5) is 0 Å². The third kappa shape index (κ3) is 8.91. The van der Waals surface area contributed by atoms with E-state index in [0.717, 1.165) is 0 Å². The van der Waals surface area contributed by atoms with Crippen molar-refractivity contribution >= 4 is 54.4 Å². The molecule has 36 valence electrons. The average molecular weight is 304 g/mol. The maximum atomic E-state index is 9.36. The Bertz CT molecular complexity index is 46.8. The van der Waals surface area contributed by atoms with Gasteiger partial charge < -0.3 is 5.11 Å². The Morgan fingerprint density at radius 1 is 1.83 bits per heavy atom. The summed E-state index contributed by atoms with van der Waals surface area (Å²) in [6.45, 7) is 0. The second kappa shape index (κ2) is 6.07. The summed E-state index contributed by atoms with van der Waals surface area (Å²) < 4.78 is 0.192. The van der Waals surface area contributed by atoms with E-state index < -0.39 is 5.97 Å². The summed E-state index contributed by atoms with van der Waals surface area (Å²) in [6.07, 6.45) is 0. The van der Waals surface area contributed by atoms with E-state index in [0.29, 0.717) is 0 Å². The van der Waals surface area contributed by atoms with Crippen molar-refractivity contribution in [1.82, 2.24) is 0 Å². The zero-order valence-electron chi connectivity index (χ0n) is 2.44. The molecule has 4 heteroatoms. The second-order valence-corrected chi connectivity index (χ2v) is 1.29. The summed E-state index contributed by atoms with van der Waals surface area (Å²) in [6, 6.07) is 0. The number of alkyl halides is 1. The number of carboxylic acids is 1. The molecule has 0 spiro atoms. The molecule has 0 saturated carbocycles. The fraction of sp³-hybridized carbons (Fsp3) is 0.500. The van der Waals surface area contributed by atoms with Crippen molar-refractivity contribution in [1.29, 1.82) is 0 Å². The van der Waals surface area contributed by atoms with Crippen LogP contribution in [0.5, 0.6) is 0 Å². The van der Waals surface area contributed by atoms with Crippen LogP contribution in [0.2, 0.25) is 0 Å². The monoisotopic (exact) mass is 304 g/mol. The van der Waals surface area contributed by atoms with Gasteiger partial charge in [0.05, 0.1) is 4.43 Å². The average Bonchev–Trinajstić information content (AvgIpc) is 1.38. The minimum absolute atomic E-state index is 0. The topological polar surface area (TPSA) is 37.3 Å². The molecule has 0 aromatic rings. The van der Waals surface area contributed by atoms with Crippen molar-refractivity contribution in [3.8, 4) is 0 Å². The Morgan fingerprint density at radius 2 is 2.00 bits per heavy atom. The van der Waals surface area contributed by atoms with Crippen molar-refractivity contribution in [3.05, 3.63) is 0 Å². The third-order valence-electron chi connectivity index (χ3n) is 0.114. The summed E-state index contributed by atoms with van der Waals surface area (Å²) in [4.78, 5) is 9.36. The molecule has 0 aliphatic heterocycles. The number of carboxylic acid groups (broad SMARTS) is 1. The first kappa shape index (κ1) is 10.1.